The molecule has 0 fully saturated rings. The lowest BCUT2D eigenvalue weighted by molar-refractivity contribution is 0.431. The van der Waals surface area contributed by atoms with E-state index in [1.54, 1.807) is 0 Å². The van der Waals surface area contributed by atoms with Gasteiger partial charge in [-0.15, -0.1) is 0 Å². The van der Waals surface area contributed by atoms with Crippen molar-refractivity contribution in [2.75, 3.05) is 23.3 Å². The molecule has 0 bridgehead atoms. The molecule has 4 rings (SSSR count). The lowest BCUT2D eigenvalue weighted by atomic mass is 9.74. The molecule has 1 aliphatic carbocycles. The third-order valence-electron chi connectivity index (χ3n) is 6.22. The molecule has 0 saturated heterocycles. The Morgan fingerprint density at radius 3 is 2.46 bits per heavy atom. The summed E-state index contributed by atoms with van der Waals surface area (Å²) in [5, 5.41) is 3.86. The van der Waals surface area contributed by atoms with Crippen molar-refractivity contribution in [3.05, 3.63) is 58.7 Å². The number of rotatable bonds is 3. The highest BCUT2D eigenvalue weighted by Crippen LogP contribution is 2.61. The van der Waals surface area contributed by atoms with Crippen molar-refractivity contribution < 1.29 is 0 Å². The summed E-state index contributed by atoms with van der Waals surface area (Å²) in [4.78, 5) is 2.45. The lowest BCUT2D eigenvalue weighted by Crippen LogP contribution is -2.24. The summed E-state index contributed by atoms with van der Waals surface area (Å²) in [6, 6.07) is 14.2. The van der Waals surface area contributed by atoms with Gasteiger partial charge in [0.2, 0.25) is 0 Å². The fourth-order valence-corrected chi connectivity index (χ4v) is 5.01. The number of nitrogens with one attached hydrogen (secondary N) is 1. The van der Waals surface area contributed by atoms with Crippen LogP contribution in [0.3, 0.4) is 0 Å². The van der Waals surface area contributed by atoms with Crippen LogP contribution in [0, 0.1) is 6.92 Å². The van der Waals surface area contributed by atoms with E-state index in [0.717, 1.165) is 13.1 Å². The van der Waals surface area contributed by atoms with E-state index in [1.165, 1.54) is 33.6 Å². The molecule has 2 unspecified atom stereocenters. The standard InChI is InChI=1S/C22H28N2/c1-6-24(7-2)15-12-14(3)20-17(13-15)19-21(23-20)16-10-8-9-11-18(16)22(19,4)5/h8-13,19,21,23H,6-7H2,1-5H3. The van der Waals surface area contributed by atoms with Gasteiger partial charge in [-0.3, -0.25) is 0 Å². The van der Waals surface area contributed by atoms with Crippen LogP contribution < -0.4 is 10.2 Å². The Balaban J connectivity index is 1.87. The molecular formula is C22H28N2. The second-order valence-electron chi connectivity index (χ2n) is 7.81. The molecule has 126 valence electrons. The van der Waals surface area contributed by atoms with Crippen LogP contribution in [0.5, 0.6) is 0 Å². The van der Waals surface area contributed by atoms with E-state index in [2.05, 4.69) is 81.2 Å². The summed E-state index contributed by atoms with van der Waals surface area (Å²) in [6.45, 7) is 13.7. The summed E-state index contributed by atoms with van der Waals surface area (Å²) in [6.07, 6.45) is 0. The third kappa shape index (κ3) is 1.95. The SMILES string of the molecule is CCN(CC)c1cc(C)c2c(c1)C1C(N2)c2ccccc2C1(C)C. The zero-order valence-electron chi connectivity index (χ0n) is 15.5. The minimum atomic E-state index is 0.161. The van der Waals surface area contributed by atoms with E-state index in [-0.39, 0.29) is 5.41 Å². The average Bonchev–Trinajstić information content (AvgIpc) is 3.05. The van der Waals surface area contributed by atoms with Crippen LogP contribution in [0.2, 0.25) is 0 Å². The number of nitrogens with zero attached hydrogens (tertiary/aromatic N) is 1. The molecule has 1 heterocycles. The van der Waals surface area contributed by atoms with Gasteiger partial charge in [0.1, 0.15) is 0 Å². The topological polar surface area (TPSA) is 15.3 Å². The number of anilines is 2. The molecule has 24 heavy (non-hydrogen) atoms. The van der Waals surface area contributed by atoms with Gasteiger partial charge in [0.25, 0.3) is 0 Å². The highest BCUT2D eigenvalue weighted by atomic mass is 15.1. The van der Waals surface area contributed by atoms with Gasteiger partial charge in [0.05, 0.1) is 6.04 Å². The zero-order chi connectivity index (χ0) is 17.1. The molecule has 2 nitrogen and oxygen atoms in total. The fraction of sp³-hybridized carbons (Fsp3) is 0.455. The van der Waals surface area contributed by atoms with Gasteiger partial charge >= 0.3 is 0 Å². The zero-order valence-corrected chi connectivity index (χ0v) is 15.5. The van der Waals surface area contributed by atoms with Crippen molar-refractivity contribution in [2.45, 2.75) is 52.0 Å². The number of hydrogen-bond acceptors (Lipinski definition) is 2. The summed E-state index contributed by atoms with van der Waals surface area (Å²) in [7, 11) is 0. The minimum Gasteiger partial charge on any atom is -0.377 e. The second kappa shape index (κ2) is 5.27. The van der Waals surface area contributed by atoms with Crippen LogP contribution in [0.25, 0.3) is 0 Å². The molecule has 2 aromatic rings. The van der Waals surface area contributed by atoms with E-state index in [1.807, 2.05) is 0 Å². The first-order chi connectivity index (χ1) is 11.5. The number of hydrogen-bond donors (Lipinski definition) is 1. The maximum absolute atomic E-state index is 3.86. The number of fused-ring (bicyclic) bond motifs is 5. The second-order valence-corrected chi connectivity index (χ2v) is 7.81. The highest BCUT2D eigenvalue weighted by molar-refractivity contribution is 5.74. The molecule has 1 aliphatic heterocycles. The Morgan fingerprint density at radius 2 is 1.75 bits per heavy atom. The quantitative estimate of drug-likeness (QED) is 0.816. The lowest BCUT2D eigenvalue weighted by Gasteiger charge is -2.29. The highest BCUT2D eigenvalue weighted by Gasteiger charge is 2.51. The Bertz CT molecular complexity index is 787. The van der Waals surface area contributed by atoms with E-state index in [0.29, 0.717) is 12.0 Å². The van der Waals surface area contributed by atoms with Gasteiger partial charge in [-0.25, -0.2) is 0 Å². The Hall–Kier alpha value is -1.96. The van der Waals surface area contributed by atoms with Gasteiger partial charge in [-0.2, -0.15) is 0 Å². The molecule has 0 amide bonds. The van der Waals surface area contributed by atoms with Crippen LogP contribution in [-0.2, 0) is 5.41 Å². The van der Waals surface area contributed by atoms with Gasteiger partial charge in [0, 0.05) is 30.4 Å². The summed E-state index contributed by atoms with van der Waals surface area (Å²) in [5.41, 5.74) is 8.75. The molecule has 2 aliphatic rings. The molecule has 1 N–H and O–H groups in total. The van der Waals surface area contributed by atoms with E-state index in [4.69, 9.17) is 0 Å². The first-order valence-electron chi connectivity index (χ1n) is 9.24. The Kier molecular flexibility index (Phi) is 3.42. The smallest absolute Gasteiger partial charge is 0.0594 e. The van der Waals surface area contributed by atoms with Gasteiger partial charge in [-0.05, 0) is 60.6 Å². The molecule has 0 radical (unpaired) electrons. The summed E-state index contributed by atoms with van der Waals surface area (Å²) in [5.74, 6) is 0.513. The molecule has 2 heteroatoms. The molecule has 2 aromatic carbocycles. The molecular weight excluding hydrogens is 292 g/mol. The number of benzene rings is 2. The Labute approximate surface area is 145 Å². The van der Waals surface area contributed by atoms with Crippen molar-refractivity contribution in [1.29, 1.82) is 0 Å². The van der Waals surface area contributed by atoms with Gasteiger partial charge < -0.3 is 10.2 Å². The predicted molar refractivity (Wildman–Crippen MR) is 103 cm³/mol. The van der Waals surface area contributed by atoms with Crippen molar-refractivity contribution in [3.63, 3.8) is 0 Å². The van der Waals surface area contributed by atoms with Crippen LogP contribution in [-0.4, -0.2) is 13.1 Å². The van der Waals surface area contributed by atoms with Crippen molar-refractivity contribution in [2.24, 2.45) is 0 Å². The van der Waals surface area contributed by atoms with Crippen LogP contribution >= 0.6 is 0 Å². The fourth-order valence-electron chi connectivity index (χ4n) is 5.01. The largest absolute Gasteiger partial charge is 0.377 e. The van der Waals surface area contributed by atoms with Crippen molar-refractivity contribution in [1.82, 2.24) is 0 Å². The van der Waals surface area contributed by atoms with Crippen LogP contribution in [0.15, 0.2) is 36.4 Å². The predicted octanol–water partition coefficient (Wildman–Crippen LogP) is 5.38. The molecule has 0 saturated carbocycles. The third-order valence-corrected chi connectivity index (χ3v) is 6.22. The molecule has 2 atom stereocenters. The molecule has 0 aromatic heterocycles. The van der Waals surface area contributed by atoms with Gasteiger partial charge in [0.15, 0.2) is 0 Å². The van der Waals surface area contributed by atoms with E-state index in [9.17, 15) is 0 Å². The normalized spacial score (nSPS) is 22.5. The van der Waals surface area contributed by atoms with Crippen LogP contribution in [0.1, 0.15) is 61.9 Å². The molecule has 0 spiro atoms. The van der Waals surface area contributed by atoms with E-state index < -0.39 is 0 Å². The maximum atomic E-state index is 3.86. The number of aryl methyl sites for hydroxylation is 1. The first kappa shape index (κ1) is 15.6. The average molecular weight is 320 g/mol. The van der Waals surface area contributed by atoms with Gasteiger partial charge in [-0.1, -0.05) is 38.1 Å². The van der Waals surface area contributed by atoms with E-state index >= 15 is 0 Å². The van der Waals surface area contributed by atoms with Crippen LogP contribution in [0.4, 0.5) is 11.4 Å². The van der Waals surface area contributed by atoms with Crippen molar-refractivity contribution in [3.8, 4) is 0 Å². The summed E-state index contributed by atoms with van der Waals surface area (Å²) < 4.78 is 0. The minimum absolute atomic E-state index is 0.161. The first-order valence-corrected chi connectivity index (χ1v) is 9.24. The monoisotopic (exact) mass is 320 g/mol. The van der Waals surface area contributed by atoms with Crippen molar-refractivity contribution >= 4 is 11.4 Å². The Morgan fingerprint density at radius 1 is 1.04 bits per heavy atom. The maximum Gasteiger partial charge on any atom is 0.0594 e. The summed E-state index contributed by atoms with van der Waals surface area (Å²) >= 11 is 0.